The van der Waals surface area contributed by atoms with Gasteiger partial charge in [-0.1, -0.05) is 30.3 Å². The lowest BCUT2D eigenvalue weighted by atomic mass is 10.00. The molecule has 2 unspecified atom stereocenters. The molecule has 29 heavy (non-hydrogen) atoms. The zero-order chi connectivity index (χ0) is 20.9. The molecule has 2 atom stereocenters. The molecule has 1 fully saturated rings. The Morgan fingerprint density at radius 2 is 1.76 bits per heavy atom. The third kappa shape index (κ3) is 3.67. The summed E-state index contributed by atoms with van der Waals surface area (Å²) in [6.45, 7) is 6.94. The minimum atomic E-state index is -1.30. The first-order valence-electron chi connectivity index (χ1n) is 9.73. The summed E-state index contributed by atoms with van der Waals surface area (Å²) in [4.78, 5) is 25.2. The second-order valence-electron chi connectivity index (χ2n) is 8.36. The Morgan fingerprint density at radius 3 is 2.38 bits per heavy atom. The maximum Gasteiger partial charge on any atom is 0.347 e. The highest BCUT2D eigenvalue weighted by molar-refractivity contribution is 7.20. The van der Waals surface area contributed by atoms with Crippen LogP contribution < -0.4 is 4.74 Å². The Hall–Kier alpha value is -2.66. The first-order chi connectivity index (χ1) is 13.7. The SMILES string of the molecule is Cc1cc(C2CC2C(=O)c2cc3ccccc3s2)cc(C)c1OC(C)(C)C(=O)O. The van der Waals surface area contributed by atoms with Crippen molar-refractivity contribution >= 4 is 33.2 Å². The first-order valence-corrected chi connectivity index (χ1v) is 10.6. The number of hydrogen-bond acceptors (Lipinski definition) is 4. The highest BCUT2D eigenvalue weighted by Crippen LogP contribution is 2.51. The van der Waals surface area contributed by atoms with Crippen LogP contribution in [0.2, 0.25) is 0 Å². The minimum absolute atomic E-state index is 0.0177. The van der Waals surface area contributed by atoms with Gasteiger partial charge in [0.05, 0.1) is 4.88 Å². The Labute approximate surface area is 174 Å². The predicted octanol–water partition coefficient (Wildman–Crippen LogP) is 5.75. The van der Waals surface area contributed by atoms with Crippen molar-refractivity contribution in [3.05, 3.63) is 64.0 Å². The molecule has 1 N–H and O–H groups in total. The van der Waals surface area contributed by atoms with Crippen molar-refractivity contribution in [3.8, 4) is 5.75 Å². The molecule has 4 rings (SSSR count). The van der Waals surface area contributed by atoms with Crippen LogP contribution in [0.4, 0.5) is 0 Å². The summed E-state index contributed by atoms with van der Waals surface area (Å²) in [6, 6.07) is 14.1. The fourth-order valence-corrected chi connectivity index (χ4v) is 4.86. The minimum Gasteiger partial charge on any atom is -0.478 e. The topological polar surface area (TPSA) is 63.6 Å². The van der Waals surface area contributed by atoms with Gasteiger partial charge in [-0.15, -0.1) is 11.3 Å². The third-order valence-corrected chi connectivity index (χ3v) is 6.71. The van der Waals surface area contributed by atoms with Gasteiger partial charge in [-0.25, -0.2) is 4.79 Å². The number of carboxylic acid groups (broad SMARTS) is 1. The zero-order valence-corrected chi connectivity index (χ0v) is 17.8. The van der Waals surface area contributed by atoms with E-state index in [4.69, 9.17) is 4.74 Å². The number of carbonyl (C=O) groups is 2. The van der Waals surface area contributed by atoms with Crippen LogP contribution in [0.1, 0.15) is 52.5 Å². The average molecular weight is 409 g/mol. The molecule has 4 nitrogen and oxygen atoms in total. The van der Waals surface area contributed by atoms with Gasteiger partial charge in [0, 0.05) is 10.6 Å². The van der Waals surface area contributed by atoms with Crippen molar-refractivity contribution in [2.24, 2.45) is 5.92 Å². The number of benzene rings is 2. The van der Waals surface area contributed by atoms with Gasteiger partial charge in [0.1, 0.15) is 5.75 Å². The van der Waals surface area contributed by atoms with E-state index in [-0.39, 0.29) is 17.6 Å². The highest BCUT2D eigenvalue weighted by atomic mass is 32.1. The van der Waals surface area contributed by atoms with Crippen LogP contribution in [0, 0.1) is 19.8 Å². The number of thiophene rings is 1. The molecule has 0 radical (unpaired) electrons. The Bertz CT molecular complexity index is 1070. The van der Waals surface area contributed by atoms with Crippen molar-refractivity contribution in [2.75, 3.05) is 0 Å². The maximum atomic E-state index is 13.0. The standard InChI is InChI=1S/C24H24O4S/c1-13-9-16(10-14(2)22(13)28-24(3,4)23(26)27)17-12-18(17)21(25)20-11-15-7-5-6-8-19(15)29-20/h5-11,17-18H,12H2,1-4H3,(H,26,27). The number of carboxylic acids is 1. The molecule has 2 aromatic carbocycles. The van der Waals surface area contributed by atoms with Crippen molar-refractivity contribution in [3.63, 3.8) is 0 Å². The molecule has 1 saturated carbocycles. The molecular formula is C24H24O4S. The summed E-state index contributed by atoms with van der Waals surface area (Å²) < 4.78 is 6.93. The first kappa shape index (κ1) is 19.6. The summed E-state index contributed by atoms with van der Waals surface area (Å²) in [7, 11) is 0. The highest BCUT2D eigenvalue weighted by Gasteiger charge is 2.45. The van der Waals surface area contributed by atoms with Crippen molar-refractivity contribution in [1.82, 2.24) is 0 Å². The number of Topliss-reactive ketones (excluding diaryl/α,β-unsaturated/α-hetero) is 1. The molecule has 1 aliphatic rings. The fourth-order valence-electron chi connectivity index (χ4n) is 3.80. The smallest absolute Gasteiger partial charge is 0.347 e. The predicted molar refractivity (Wildman–Crippen MR) is 115 cm³/mol. The zero-order valence-electron chi connectivity index (χ0n) is 17.0. The van der Waals surface area contributed by atoms with E-state index in [0.29, 0.717) is 5.75 Å². The number of fused-ring (bicyclic) bond motifs is 1. The Balaban J connectivity index is 1.54. The summed E-state index contributed by atoms with van der Waals surface area (Å²) in [6.07, 6.45) is 0.854. The lowest BCUT2D eigenvalue weighted by molar-refractivity contribution is -0.152. The number of aliphatic carboxylic acids is 1. The molecule has 1 aliphatic carbocycles. The number of aryl methyl sites for hydroxylation is 2. The van der Waals surface area contributed by atoms with Gasteiger partial charge in [0.15, 0.2) is 11.4 Å². The number of carbonyl (C=O) groups excluding carboxylic acids is 1. The summed E-state index contributed by atoms with van der Waals surface area (Å²) in [5, 5.41) is 10.5. The molecule has 0 bridgehead atoms. The van der Waals surface area contributed by atoms with Crippen LogP contribution in [0.3, 0.4) is 0 Å². The Morgan fingerprint density at radius 1 is 1.10 bits per heavy atom. The van der Waals surface area contributed by atoms with E-state index in [1.54, 1.807) is 25.2 Å². The third-order valence-electron chi connectivity index (χ3n) is 5.58. The lowest BCUT2D eigenvalue weighted by Crippen LogP contribution is -2.38. The van der Waals surface area contributed by atoms with E-state index < -0.39 is 11.6 Å². The molecule has 1 aromatic heterocycles. The number of ketones is 1. The quantitative estimate of drug-likeness (QED) is 0.528. The molecule has 0 amide bonds. The van der Waals surface area contributed by atoms with Crippen molar-refractivity contribution in [2.45, 2.75) is 45.6 Å². The largest absolute Gasteiger partial charge is 0.478 e. The van der Waals surface area contributed by atoms with E-state index >= 15 is 0 Å². The summed E-state index contributed by atoms with van der Waals surface area (Å²) >= 11 is 1.56. The monoisotopic (exact) mass is 408 g/mol. The van der Waals surface area contributed by atoms with Crippen LogP contribution >= 0.6 is 11.3 Å². The van der Waals surface area contributed by atoms with E-state index in [9.17, 15) is 14.7 Å². The van der Waals surface area contributed by atoms with Crippen LogP contribution in [0.5, 0.6) is 5.75 Å². The summed E-state index contributed by atoms with van der Waals surface area (Å²) in [5.74, 6) is 0.0559. The summed E-state index contributed by atoms with van der Waals surface area (Å²) in [5.41, 5.74) is 1.62. The molecule has 3 aromatic rings. The van der Waals surface area contributed by atoms with Gasteiger partial charge in [-0.05, 0) is 74.2 Å². The van der Waals surface area contributed by atoms with E-state index in [2.05, 4.69) is 0 Å². The lowest BCUT2D eigenvalue weighted by Gasteiger charge is -2.24. The number of ether oxygens (including phenoxy) is 1. The van der Waals surface area contributed by atoms with Crippen molar-refractivity contribution in [1.29, 1.82) is 0 Å². The molecular weight excluding hydrogens is 384 g/mol. The van der Waals surface area contributed by atoms with Crippen molar-refractivity contribution < 1.29 is 19.4 Å². The van der Waals surface area contributed by atoms with Gasteiger partial charge in [0.2, 0.25) is 0 Å². The Kier molecular flexibility index (Phi) is 4.74. The van der Waals surface area contributed by atoms with Gasteiger partial charge >= 0.3 is 5.97 Å². The van der Waals surface area contributed by atoms with E-state index in [1.807, 2.05) is 56.3 Å². The molecule has 150 valence electrons. The van der Waals surface area contributed by atoms with Crippen LogP contribution in [0.15, 0.2) is 42.5 Å². The second-order valence-corrected chi connectivity index (χ2v) is 9.45. The molecule has 0 saturated heterocycles. The number of rotatable bonds is 6. The van der Waals surface area contributed by atoms with Gasteiger partial charge in [-0.3, -0.25) is 4.79 Å². The van der Waals surface area contributed by atoms with Gasteiger partial charge in [0.25, 0.3) is 0 Å². The molecule has 1 heterocycles. The molecule has 0 spiro atoms. The molecule has 5 heteroatoms. The maximum absolute atomic E-state index is 13.0. The van der Waals surface area contributed by atoms with E-state index in [1.165, 1.54) is 0 Å². The van der Waals surface area contributed by atoms with Gasteiger partial charge in [-0.2, -0.15) is 0 Å². The second kappa shape index (κ2) is 6.99. The normalized spacial score (nSPS) is 18.6. The molecule has 0 aliphatic heterocycles. The van der Waals surface area contributed by atoms with Gasteiger partial charge < -0.3 is 9.84 Å². The van der Waals surface area contributed by atoms with E-state index in [0.717, 1.165) is 38.1 Å². The van der Waals surface area contributed by atoms with Crippen LogP contribution in [0.25, 0.3) is 10.1 Å². The fraction of sp³-hybridized carbons (Fsp3) is 0.333. The number of hydrogen-bond donors (Lipinski definition) is 1. The van der Waals surface area contributed by atoms with Crippen LogP contribution in [-0.2, 0) is 4.79 Å². The average Bonchev–Trinajstić information content (AvgIpc) is 3.34. The van der Waals surface area contributed by atoms with Crippen LogP contribution in [-0.4, -0.2) is 22.5 Å².